The maximum atomic E-state index is 6.54. The molecular weight excluding hydrogens is 483 g/mol. The van der Waals surface area contributed by atoms with Crippen molar-refractivity contribution in [3.63, 3.8) is 0 Å². The van der Waals surface area contributed by atoms with Gasteiger partial charge in [-0.3, -0.25) is 0 Å². The van der Waals surface area contributed by atoms with E-state index in [1.807, 2.05) is 54.6 Å². The SMILES string of the molecule is COc1cc(CNc2ccc(N3CCOCC3)c(Cl)c2)cc(Cl)c1OCc1ccc(Cl)cc1. The lowest BCUT2D eigenvalue weighted by molar-refractivity contribution is 0.122. The molecule has 3 aromatic carbocycles. The van der Waals surface area contributed by atoms with Crippen LogP contribution in [0.25, 0.3) is 0 Å². The fourth-order valence-corrected chi connectivity index (χ4v) is 4.35. The summed E-state index contributed by atoms with van der Waals surface area (Å²) in [6.07, 6.45) is 0. The first kappa shape index (κ1) is 23.8. The zero-order valence-electron chi connectivity index (χ0n) is 18.2. The Labute approximate surface area is 209 Å². The normalized spacial score (nSPS) is 13.6. The molecule has 1 N–H and O–H groups in total. The molecule has 174 valence electrons. The van der Waals surface area contributed by atoms with Gasteiger partial charge in [0.25, 0.3) is 0 Å². The summed E-state index contributed by atoms with van der Waals surface area (Å²) in [6, 6.07) is 17.3. The third-order valence-corrected chi connectivity index (χ3v) is 6.22. The van der Waals surface area contributed by atoms with Crippen LogP contribution in [0.2, 0.25) is 15.1 Å². The smallest absolute Gasteiger partial charge is 0.180 e. The zero-order chi connectivity index (χ0) is 23.2. The van der Waals surface area contributed by atoms with Gasteiger partial charge in [-0.05, 0) is 53.6 Å². The second kappa shape index (κ2) is 11.2. The van der Waals surface area contributed by atoms with Crippen molar-refractivity contribution in [3.05, 3.63) is 80.8 Å². The summed E-state index contributed by atoms with van der Waals surface area (Å²) in [6.45, 7) is 4.05. The number of hydrogen-bond acceptors (Lipinski definition) is 5. The monoisotopic (exact) mass is 506 g/mol. The molecule has 3 aromatic rings. The molecule has 5 nitrogen and oxygen atoms in total. The van der Waals surface area contributed by atoms with Crippen molar-refractivity contribution < 1.29 is 14.2 Å². The second-order valence-electron chi connectivity index (χ2n) is 7.64. The number of halogens is 3. The van der Waals surface area contributed by atoms with Crippen LogP contribution in [0.15, 0.2) is 54.6 Å². The van der Waals surface area contributed by atoms with Gasteiger partial charge in [0.15, 0.2) is 11.5 Å². The quantitative estimate of drug-likeness (QED) is 0.368. The van der Waals surface area contributed by atoms with Crippen LogP contribution in [-0.2, 0) is 17.9 Å². The van der Waals surface area contributed by atoms with Crippen LogP contribution in [0, 0.1) is 0 Å². The summed E-state index contributed by atoms with van der Waals surface area (Å²) in [7, 11) is 1.60. The van der Waals surface area contributed by atoms with Crippen LogP contribution in [0.1, 0.15) is 11.1 Å². The van der Waals surface area contributed by atoms with Gasteiger partial charge in [0.2, 0.25) is 0 Å². The van der Waals surface area contributed by atoms with E-state index in [-0.39, 0.29) is 0 Å². The van der Waals surface area contributed by atoms with E-state index >= 15 is 0 Å². The molecule has 0 aliphatic carbocycles. The topological polar surface area (TPSA) is 43.0 Å². The molecule has 4 rings (SSSR count). The lowest BCUT2D eigenvalue weighted by atomic mass is 10.1. The van der Waals surface area contributed by atoms with Crippen molar-refractivity contribution in [1.29, 1.82) is 0 Å². The van der Waals surface area contributed by atoms with Crippen molar-refractivity contribution in [2.75, 3.05) is 43.6 Å². The molecule has 0 bridgehead atoms. The molecule has 0 radical (unpaired) electrons. The average Bonchev–Trinajstić information content (AvgIpc) is 2.83. The number of rotatable bonds is 8. The third kappa shape index (κ3) is 6.18. The molecule has 0 saturated carbocycles. The number of nitrogens with one attached hydrogen (secondary N) is 1. The Kier molecular flexibility index (Phi) is 8.10. The molecule has 1 fully saturated rings. The summed E-state index contributed by atoms with van der Waals surface area (Å²) in [4.78, 5) is 2.24. The van der Waals surface area contributed by atoms with Gasteiger partial charge < -0.3 is 24.4 Å². The molecule has 1 saturated heterocycles. The Morgan fingerprint density at radius 1 is 0.909 bits per heavy atom. The highest BCUT2D eigenvalue weighted by molar-refractivity contribution is 6.33. The fourth-order valence-electron chi connectivity index (χ4n) is 3.63. The number of hydrogen-bond donors (Lipinski definition) is 1. The fraction of sp³-hybridized carbons (Fsp3) is 0.280. The first-order valence-electron chi connectivity index (χ1n) is 10.6. The molecule has 0 amide bonds. The molecular formula is C25H25Cl3N2O3. The highest BCUT2D eigenvalue weighted by atomic mass is 35.5. The van der Waals surface area contributed by atoms with Crippen molar-refractivity contribution in [1.82, 2.24) is 0 Å². The van der Waals surface area contributed by atoms with Gasteiger partial charge in [-0.25, -0.2) is 0 Å². The molecule has 8 heteroatoms. The predicted molar refractivity (Wildman–Crippen MR) is 136 cm³/mol. The van der Waals surface area contributed by atoms with E-state index < -0.39 is 0 Å². The van der Waals surface area contributed by atoms with E-state index in [1.54, 1.807) is 7.11 Å². The van der Waals surface area contributed by atoms with Crippen LogP contribution in [-0.4, -0.2) is 33.4 Å². The van der Waals surface area contributed by atoms with Crippen LogP contribution in [0.3, 0.4) is 0 Å². The van der Waals surface area contributed by atoms with E-state index in [2.05, 4.69) is 10.2 Å². The molecule has 1 aliphatic rings. The van der Waals surface area contributed by atoms with Crippen molar-refractivity contribution >= 4 is 46.2 Å². The van der Waals surface area contributed by atoms with Gasteiger partial charge >= 0.3 is 0 Å². The van der Waals surface area contributed by atoms with E-state index in [1.165, 1.54) is 0 Å². The number of methoxy groups -OCH3 is 1. The first-order valence-corrected chi connectivity index (χ1v) is 11.8. The van der Waals surface area contributed by atoms with Gasteiger partial charge in [0, 0.05) is 30.3 Å². The summed E-state index contributed by atoms with van der Waals surface area (Å²) in [5, 5.41) is 5.28. The van der Waals surface area contributed by atoms with Crippen molar-refractivity contribution in [2.24, 2.45) is 0 Å². The lowest BCUT2D eigenvalue weighted by Crippen LogP contribution is -2.36. The van der Waals surface area contributed by atoms with Crippen molar-refractivity contribution in [2.45, 2.75) is 13.2 Å². The van der Waals surface area contributed by atoms with Crippen LogP contribution < -0.4 is 19.7 Å². The molecule has 1 heterocycles. The summed E-state index contributed by atoms with van der Waals surface area (Å²) >= 11 is 19.0. The van der Waals surface area contributed by atoms with Crippen LogP contribution in [0.4, 0.5) is 11.4 Å². The zero-order valence-corrected chi connectivity index (χ0v) is 20.5. The minimum Gasteiger partial charge on any atom is -0.493 e. The predicted octanol–water partition coefficient (Wildman–Crippen LogP) is 6.68. The molecule has 33 heavy (non-hydrogen) atoms. The number of ether oxygens (including phenoxy) is 3. The summed E-state index contributed by atoms with van der Waals surface area (Å²) < 4.78 is 16.9. The Hall–Kier alpha value is -2.31. The standard InChI is InChI=1S/C25H25Cl3N2O3/c1-31-24-13-18(12-22(28)25(24)33-16-17-2-4-19(26)5-3-17)15-29-20-6-7-23(21(27)14-20)30-8-10-32-11-9-30/h2-7,12-14,29H,8-11,15-16H2,1H3. The minimum atomic E-state index is 0.360. The molecule has 1 aliphatic heterocycles. The first-order chi connectivity index (χ1) is 16.0. The molecule has 0 unspecified atom stereocenters. The Balaban J connectivity index is 1.41. The Bertz CT molecular complexity index is 1090. The maximum Gasteiger partial charge on any atom is 0.180 e. The average molecular weight is 508 g/mol. The van der Waals surface area contributed by atoms with E-state index in [9.17, 15) is 0 Å². The van der Waals surface area contributed by atoms with Gasteiger partial charge in [0.05, 0.1) is 36.1 Å². The summed E-state index contributed by atoms with van der Waals surface area (Å²) in [5.74, 6) is 1.09. The molecule has 0 atom stereocenters. The molecule has 0 spiro atoms. The number of benzene rings is 3. The Morgan fingerprint density at radius 2 is 1.67 bits per heavy atom. The summed E-state index contributed by atoms with van der Waals surface area (Å²) in [5.41, 5.74) is 3.90. The highest BCUT2D eigenvalue weighted by Gasteiger charge is 2.15. The second-order valence-corrected chi connectivity index (χ2v) is 8.89. The largest absolute Gasteiger partial charge is 0.493 e. The molecule has 0 aromatic heterocycles. The minimum absolute atomic E-state index is 0.360. The van der Waals surface area contributed by atoms with Gasteiger partial charge in [-0.15, -0.1) is 0 Å². The van der Waals surface area contributed by atoms with Gasteiger partial charge in [0.1, 0.15) is 6.61 Å². The van der Waals surface area contributed by atoms with Crippen molar-refractivity contribution in [3.8, 4) is 11.5 Å². The highest BCUT2D eigenvalue weighted by Crippen LogP contribution is 2.37. The van der Waals surface area contributed by atoms with Crippen LogP contribution in [0.5, 0.6) is 11.5 Å². The Morgan fingerprint density at radius 3 is 2.36 bits per heavy atom. The number of anilines is 2. The van der Waals surface area contributed by atoms with Crippen LogP contribution >= 0.6 is 34.8 Å². The van der Waals surface area contributed by atoms with E-state index in [0.29, 0.717) is 39.7 Å². The third-order valence-electron chi connectivity index (χ3n) is 5.38. The maximum absolute atomic E-state index is 6.54. The van der Waals surface area contributed by atoms with Gasteiger partial charge in [-0.2, -0.15) is 0 Å². The number of morpholine rings is 1. The number of nitrogens with zero attached hydrogens (tertiary/aromatic N) is 1. The van der Waals surface area contributed by atoms with E-state index in [4.69, 9.17) is 49.0 Å². The van der Waals surface area contributed by atoms with E-state index in [0.717, 1.165) is 48.8 Å². The lowest BCUT2D eigenvalue weighted by Gasteiger charge is -2.29. The van der Waals surface area contributed by atoms with Gasteiger partial charge in [-0.1, -0.05) is 46.9 Å².